The molecule has 0 N–H and O–H groups in total. The number of thioether (sulfide) groups is 1. The van der Waals surface area contributed by atoms with Crippen LogP contribution < -0.4 is 5.56 Å². The van der Waals surface area contributed by atoms with Gasteiger partial charge in [0.1, 0.15) is 15.8 Å². The second kappa shape index (κ2) is 7.75. The summed E-state index contributed by atoms with van der Waals surface area (Å²) in [6, 6.07) is 3.63. The van der Waals surface area contributed by atoms with E-state index in [-0.39, 0.29) is 18.1 Å². The molecule has 1 aliphatic carbocycles. The highest BCUT2D eigenvalue weighted by molar-refractivity contribution is 8.00. The quantitative estimate of drug-likeness (QED) is 0.356. The predicted molar refractivity (Wildman–Crippen MR) is 110 cm³/mol. The van der Waals surface area contributed by atoms with Crippen molar-refractivity contribution in [2.45, 2.75) is 50.1 Å². The lowest BCUT2D eigenvalue weighted by Crippen LogP contribution is -2.26. The van der Waals surface area contributed by atoms with Crippen molar-refractivity contribution in [2.75, 3.05) is 7.11 Å². The van der Waals surface area contributed by atoms with Crippen LogP contribution in [0.2, 0.25) is 0 Å². The van der Waals surface area contributed by atoms with E-state index < -0.39 is 5.25 Å². The van der Waals surface area contributed by atoms with Crippen LogP contribution in [0.3, 0.4) is 0 Å². The molecule has 0 fully saturated rings. The fraction of sp³-hybridized carbons (Fsp3) is 0.450. The Balaban J connectivity index is 1.85. The van der Waals surface area contributed by atoms with Crippen molar-refractivity contribution in [1.82, 2.24) is 9.55 Å². The van der Waals surface area contributed by atoms with E-state index in [1.54, 1.807) is 35.2 Å². The largest absolute Gasteiger partial charge is 0.468 e. The van der Waals surface area contributed by atoms with Gasteiger partial charge >= 0.3 is 5.97 Å². The summed E-state index contributed by atoms with van der Waals surface area (Å²) in [5, 5.41) is 0.777. The maximum atomic E-state index is 13.5. The van der Waals surface area contributed by atoms with Gasteiger partial charge in [-0.05, 0) is 49.8 Å². The minimum atomic E-state index is -0.466. The van der Waals surface area contributed by atoms with Gasteiger partial charge in [0.15, 0.2) is 5.16 Å². The second-order valence-corrected chi connectivity index (χ2v) is 9.57. The number of ether oxygens (including phenoxy) is 1. The van der Waals surface area contributed by atoms with Crippen molar-refractivity contribution < 1.29 is 13.9 Å². The van der Waals surface area contributed by atoms with Gasteiger partial charge in [-0.2, -0.15) is 0 Å². The third kappa shape index (κ3) is 3.51. The number of carbonyl (C=O) groups is 1. The molecular weight excluding hydrogens is 396 g/mol. The zero-order chi connectivity index (χ0) is 19.8. The van der Waals surface area contributed by atoms with Crippen LogP contribution in [0.5, 0.6) is 0 Å². The van der Waals surface area contributed by atoms with Gasteiger partial charge in [-0.1, -0.05) is 18.7 Å². The topological polar surface area (TPSA) is 74.3 Å². The molecule has 0 saturated heterocycles. The molecule has 0 saturated carbocycles. The molecule has 3 heterocycles. The standard InChI is InChI=1S/C20H22N2O4S2/c1-11-6-7-14-15(9-11)28-17-16(14)18(23)22(10-13-5-4-8-26-13)20(21-17)27-12(2)19(24)25-3/h4-5,8,11-12H,6-7,9-10H2,1-3H3/t11-,12+/m0/s1. The SMILES string of the molecule is COC(=O)[C@@H](C)Sc1nc2sc3c(c2c(=O)n1Cc1ccco1)CC[C@H](C)C3. The first-order chi connectivity index (χ1) is 13.5. The van der Waals surface area contributed by atoms with Gasteiger partial charge in [0, 0.05) is 4.88 Å². The first kappa shape index (κ1) is 19.3. The lowest BCUT2D eigenvalue weighted by Gasteiger charge is -2.18. The van der Waals surface area contributed by atoms with Crippen LogP contribution in [-0.4, -0.2) is 27.9 Å². The summed E-state index contributed by atoms with van der Waals surface area (Å²) in [6.45, 7) is 4.28. The molecule has 0 radical (unpaired) electrons. The molecule has 2 atom stereocenters. The van der Waals surface area contributed by atoms with Gasteiger partial charge in [-0.3, -0.25) is 14.2 Å². The summed E-state index contributed by atoms with van der Waals surface area (Å²) >= 11 is 2.85. The molecule has 6 nitrogen and oxygen atoms in total. The minimum absolute atomic E-state index is 0.0620. The summed E-state index contributed by atoms with van der Waals surface area (Å²) in [5.74, 6) is 0.954. The normalized spacial score (nSPS) is 17.5. The van der Waals surface area contributed by atoms with E-state index in [1.807, 2.05) is 6.07 Å². The van der Waals surface area contributed by atoms with E-state index in [9.17, 15) is 9.59 Å². The zero-order valence-corrected chi connectivity index (χ0v) is 17.7. The highest BCUT2D eigenvalue weighted by Crippen LogP contribution is 2.37. The average molecular weight is 419 g/mol. The molecule has 4 rings (SSSR count). The van der Waals surface area contributed by atoms with E-state index in [0.717, 1.165) is 35.0 Å². The van der Waals surface area contributed by atoms with Crippen molar-refractivity contribution in [3.8, 4) is 0 Å². The van der Waals surface area contributed by atoms with E-state index in [2.05, 4.69) is 6.92 Å². The number of esters is 1. The fourth-order valence-electron chi connectivity index (χ4n) is 3.56. The molecule has 0 bridgehead atoms. The smallest absolute Gasteiger partial charge is 0.318 e. The minimum Gasteiger partial charge on any atom is -0.468 e. The van der Waals surface area contributed by atoms with E-state index in [0.29, 0.717) is 16.8 Å². The molecule has 148 valence electrons. The Labute approximate surface area is 170 Å². The van der Waals surface area contributed by atoms with Crippen molar-refractivity contribution in [2.24, 2.45) is 5.92 Å². The summed E-state index contributed by atoms with van der Waals surface area (Å²) in [5.41, 5.74) is 1.09. The number of aryl methyl sites for hydroxylation is 1. The van der Waals surface area contributed by atoms with Crippen molar-refractivity contribution in [3.05, 3.63) is 45.0 Å². The number of carbonyl (C=O) groups excluding carboxylic acids is 1. The Hall–Kier alpha value is -2.06. The molecule has 0 spiro atoms. The van der Waals surface area contributed by atoms with E-state index in [1.165, 1.54) is 23.7 Å². The number of hydrogen-bond acceptors (Lipinski definition) is 7. The van der Waals surface area contributed by atoms with Crippen LogP contribution in [0, 0.1) is 5.92 Å². The van der Waals surface area contributed by atoms with Crippen molar-refractivity contribution in [1.29, 1.82) is 0 Å². The molecule has 3 aromatic rings. The van der Waals surface area contributed by atoms with E-state index >= 15 is 0 Å². The van der Waals surface area contributed by atoms with Gasteiger partial charge in [-0.15, -0.1) is 11.3 Å². The number of furan rings is 1. The summed E-state index contributed by atoms with van der Waals surface area (Å²) < 4.78 is 11.9. The van der Waals surface area contributed by atoms with Crippen LogP contribution in [0.25, 0.3) is 10.2 Å². The Kier molecular flexibility index (Phi) is 5.33. The maximum absolute atomic E-state index is 13.5. The van der Waals surface area contributed by atoms with Crippen LogP contribution in [-0.2, 0) is 28.9 Å². The Bertz CT molecular complexity index is 1070. The second-order valence-electron chi connectivity index (χ2n) is 7.18. The van der Waals surface area contributed by atoms with Gasteiger partial charge in [-0.25, -0.2) is 4.98 Å². The lowest BCUT2D eigenvalue weighted by molar-refractivity contribution is -0.139. The highest BCUT2D eigenvalue weighted by Gasteiger charge is 2.26. The number of thiophene rings is 1. The van der Waals surface area contributed by atoms with Crippen LogP contribution >= 0.6 is 23.1 Å². The number of methoxy groups -OCH3 is 1. The summed E-state index contributed by atoms with van der Waals surface area (Å²) in [6.07, 6.45) is 4.59. The predicted octanol–water partition coefficient (Wildman–Crippen LogP) is 3.88. The Morgan fingerprint density at radius 2 is 2.36 bits per heavy atom. The third-order valence-corrected chi connectivity index (χ3v) is 7.31. The zero-order valence-electron chi connectivity index (χ0n) is 16.1. The maximum Gasteiger partial charge on any atom is 0.318 e. The Morgan fingerprint density at radius 3 is 3.07 bits per heavy atom. The van der Waals surface area contributed by atoms with Crippen molar-refractivity contribution >= 4 is 39.3 Å². The first-order valence-corrected chi connectivity index (χ1v) is 11.0. The molecule has 3 aromatic heterocycles. The summed E-state index contributed by atoms with van der Waals surface area (Å²) in [7, 11) is 1.36. The van der Waals surface area contributed by atoms with E-state index in [4.69, 9.17) is 14.1 Å². The summed E-state index contributed by atoms with van der Waals surface area (Å²) in [4.78, 5) is 32.2. The highest BCUT2D eigenvalue weighted by atomic mass is 32.2. The monoisotopic (exact) mass is 418 g/mol. The first-order valence-electron chi connectivity index (χ1n) is 9.30. The van der Waals surface area contributed by atoms with Gasteiger partial charge in [0.25, 0.3) is 5.56 Å². The average Bonchev–Trinajstić information content (AvgIpc) is 3.30. The van der Waals surface area contributed by atoms with Crippen LogP contribution in [0.15, 0.2) is 32.8 Å². The van der Waals surface area contributed by atoms with Gasteiger partial charge < -0.3 is 9.15 Å². The fourth-order valence-corrected chi connectivity index (χ4v) is 5.92. The van der Waals surface area contributed by atoms with Gasteiger partial charge in [0.2, 0.25) is 0 Å². The molecular formula is C20H22N2O4S2. The Morgan fingerprint density at radius 1 is 1.54 bits per heavy atom. The molecule has 8 heteroatoms. The number of nitrogens with zero attached hydrogens (tertiary/aromatic N) is 2. The van der Waals surface area contributed by atoms with Crippen molar-refractivity contribution in [3.63, 3.8) is 0 Å². The van der Waals surface area contributed by atoms with Crippen LogP contribution in [0.4, 0.5) is 0 Å². The molecule has 0 aromatic carbocycles. The molecule has 0 aliphatic heterocycles. The number of aromatic nitrogens is 2. The molecule has 0 unspecified atom stereocenters. The molecule has 1 aliphatic rings. The number of fused-ring (bicyclic) bond motifs is 3. The molecule has 28 heavy (non-hydrogen) atoms. The number of hydrogen-bond donors (Lipinski definition) is 0. The number of rotatable bonds is 5. The van der Waals surface area contributed by atoms with Crippen LogP contribution in [0.1, 0.15) is 36.5 Å². The molecule has 0 amide bonds. The lowest BCUT2D eigenvalue weighted by atomic mass is 9.89. The third-order valence-electron chi connectivity index (χ3n) is 5.09. The van der Waals surface area contributed by atoms with Gasteiger partial charge in [0.05, 0.1) is 25.3 Å².